The van der Waals surface area contributed by atoms with Gasteiger partial charge in [-0.25, -0.2) is 9.59 Å². The lowest BCUT2D eigenvalue weighted by molar-refractivity contribution is -0.142. The zero-order valence-corrected chi connectivity index (χ0v) is 6.46. The van der Waals surface area contributed by atoms with Gasteiger partial charge in [-0.3, -0.25) is 0 Å². The van der Waals surface area contributed by atoms with Gasteiger partial charge in [-0.1, -0.05) is 6.58 Å². The number of carbonyl (C=O) groups is 1. The average molecular weight is 155 g/mol. The molecule has 4 nitrogen and oxygen atoms in total. The van der Waals surface area contributed by atoms with Crippen LogP contribution in [0.2, 0.25) is 0 Å². The van der Waals surface area contributed by atoms with Gasteiger partial charge in [0.2, 0.25) is 12.3 Å². The van der Waals surface area contributed by atoms with E-state index < -0.39 is 12.2 Å². The van der Waals surface area contributed by atoms with Crippen LogP contribution < -0.4 is 0 Å². The Balaban J connectivity index is 3.94. The average Bonchev–Trinajstić information content (AvgIpc) is 1.87. The van der Waals surface area contributed by atoms with Gasteiger partial charge >= 0.3 is 5.97 Å². The minimum absolute atomic E-state index is 0.276. The van der Waals surface area contributed by atoms with Gasteiger partial charge in [0.15, 0.2) is 0 Å². The lowest BCUT2D eigenvalue weighted by atomic mass is 10.4. The van der Waals surface area contributed by atoms with Crippen molar-refractivity contribution in [2.24, 2.45) is 4.99 Å². The Labute approximate surface area is 64.6 Å². The summed E-state index contributed by atoms with van der Waals surface area (Å²) in [5.74, 6) is -0.559. The molecule has 0 radical (unpaired) electrons. The summed E-state index contributed by atoms with van der Waals surface area (Å²) in [6.45, 7) is 6.33. The van der Waals surface area contributed by atoms with Crippen molar-refractivity contribution in [3.05, 3.63) is 12.2 Å². The molecule has 0 saturated carbocycles. The van der Waals surface area contributed by atoms with Gasteiger partial charge < -0.3 is 4.74 Å². The number of nitrogens with zero attached hydrogens (tertiary/aromatic N) is 1. The van der Waals surface area contributed by atoms with E-state index in [1.807, 2.05) is 0 Å². The molecule has 11 heavy (non-hydrogen) atoms. The van der Waals surface area contributed by atoms with Crippen molar-refractivity contribution in [2.75, 3.05) is 0 Å². The molecule has 1 unspecified atom stereocenters. The molecule has 0 aliphatic rings. The number of aliphatic imine (C=N–C) groups is 1. The first kappa shape index (κ1) is 9.59. The summed E-state index contributed by atoms with van der Waals surface area (Å²) in [7, 11) is 0. The summed E-state index contributed by atoms with van der Waals surface area (Å²) in [4.78, 5) is 23.5. The zero-order valence-electron chi connectivity index (χ0n) is 6.46. The lowest BCUT2D eigenvalue weighted by Crippen LogP contribution is -2.12. The molecule has 0 saturated heterocycles. The molecule has 0 N–H and O–H groups in total. The molecule has 4 heteroatoms. The summed E-state index contributed by atoms with van der Waals surface area (Å²) in [5.41, 5.74) is 0.276. The fourth-order valence-electron chi connectivity index (χ4n) is 0.356. The van der Waals surface area contributed by atoms with Crippen molar-refractivity contribution in [1.29, 1.82) is 0 Å². The Morgan fingerprint density at radius 1 is 1.73 bits per heavy atom. The highest BCUT2D eigenvalue weighted by molar-refractivity contribution is 5.87. The molecule has 0 aliphatic heterocycles. The van der Waals surface area contributed by atoms with Crippen LogP contribution in [0.25, 0.3) is 0 Å². The van der Waals surface area contributed by atoms with E-state index in [1.165, 1.54) is 19.9 Å². The molecule has 0 bridgehead atoms. The van der Waals surface area contributed by atoms with Gasteiger partial charge in [-0.05, 0) is 13.8 Å². The molecule has 0 heterocycles. The predicted molar refractivity (Wildman–Crippen MR) is 38.5 cm³/mol. The Morgan fingerprint density at radius 3 is 2.64 bits per heavy atom. The summed E-state index contributed by atoms with van der Waals surface area (Å²) < 4.78 is 4.58. The van der Waals surface area contributed by atoms with Gasteiger partial charge in [-0.15, -0.1) is 0 Å². The summed E-state index contributed by atoms with van der Waals surface area (Å²) in [6, 6.07) is 0. The molecule has 0 aromatic heterocycles. The first-order valence-corrected chi connectivity index (χ1v) is 3.01. The highest BCUT2D eigenvalue weighted by atomic mass is 16.6. The van der Waals surface area contributed by atoms with E-state index >= 15 is 0 Å². The third-order valence-corrected chi connectivity index (χ3v) is 0.861. The molecule has 0 fully saturated rings. The van der Waals surface area contributed by atoms with Crippen molar-refractivity contribution in [3.8, 4) is 0 Å². The third-order valence-electron chi connectivity index (χ3n) is 0.861. The maximum atomic E-state index is 10.7. The number of isocyanates is 1. The van der Waals surface area contributed by atoms with E-state index in [-0.39, 0.29) is 5.57 Å². The van der Waals surface area contributed by atoms with Crippen molar-refractivity contribution in [2.45, 2.75) is 20.1 Å². The SMILES string of the molecule is C=C(C)C(=O)OC(C)N=C=O. The van der Waals surface area contributed by atoms with Gasteiger partial charge in [0.1, 0.15) is 0 Å². The Morgan fingerprint density at radius 2 is 2.27 bits per heavy atom. The molecular formula is C7H9NO3. The van der Waals surface area contributed by atoms with Crippen LogP contribution in [-0.4, -0.2) is 18.3 Å². The zero-order chi connectivity index (χ0) is 8.85. The first-order chi connectivity index (χ1) is 5.07. The van der Waals surface area contributed by atoms with Crippen LogP contribution in [0.1, 0.15) is 13.8 Å². The number of hydrogen-bond acceptors (Lipinski definition) is 4. The van der Waals surface area contributed by atoms with Crippen molar-refractivity contribution < 1.29 is 14.3 Å². The molecule has 0 aliphatic carbocycles. The van der Waals surface area contributed by atoms with E-state index in [0.29, 0.717) is 0 Å². The van der Waals surface area contributed by atoms with Gasteiger partial charge in [0, 0.05) is 5.57 Å². The molecule has 0 aromatic rings. The normalized spacial score (nSPS) is 11.1. The minimum atomic E-state index is -0.781. The summed E-state index contributed by atoms with van der Waals surface area (Å²) in [5, 5.41) is 0. The minimum Gasteiger partial charge on any atom is -0.436 e. The second kappa shape index (κ2) is 4.41. The fourth-order valence-corrected chi connectivity index (χ4v) is 0.356. The molecule has 0 aromatic carbocycles. The summed E-state index contributed by atoms with van der Waals surface area (Å²) in [6.07, 6.45) is 0.499. The van der Waals surface area contributed by atoms with Crippen LogP contribution in [0.15, 0.2) is 17.1 Å². The highest BCUT2D eigenvalue weighted by Crippen LogP contribution is 1.97. The second-order valence-electron chi connectivity index (χ2n) is 2.01. The summed E-state index contributed by atoms with van der Waals surface area (Å²) >= 11 is 0. The first-order valence-electron chi connectivity index (χ1n) is 3.01. The maximum Gasteiger partial charge on any atom is 0.335 e. The molecular weight excluding hydrogens is 146 g/mol. The molecule has 0 amide bonds. The molecule has 0 rings (SSSR count). The number of rotatable bonds is 3. The van der Waals surface area contributed by atoms with E-state index in [2.05, 4.69) is 16.3 Å². The Hall–Kier alpha value is -1.41. The number of carbonyl (C=O) groups excluding carboxylic acids is 2. The quantitative estimate of drug-likeness (QED) is 0.262. The monoisotopic (exact) mass is 155 g/mol. The Bertz CT molecular complexity index is 216. The van der Waals surface area contributed by atoms with E-state index in [9.17, 15) is 9.59 Å². The van der Waals surface area contributed by atoms with E-state index in [1.54, 1.807) is 0 Å². The van der Waals surface area contributed by atoms with Gasteiger partial charge in [-0.2, -0.15) is 4.99 Å². The number of ether oxygens (including phenoxy) is 1. The topological polar surface area (TPSA) is 55.7 Å². The largest absolute Gasteiger partial charge is 0.436 e. The third kappa shape index (κ3) is 4.06. The smallest absolute Gasteiger partial charge is 0.335 e. The fraction of sp³-hybridized carbons (Fsp3) is 0.429. The van der Waals surface area contributed by atoms with Crippen LogP contribution in [-0.2, 0) is 14.3 Å². The van der Waals surface area contributed by atoms with Crippen LogP contribution >= 0.6 is 0 Å². The second-order valence-corrected chi connectivity index (χ2v) is 2.01. The van der Waals surface area contributed by atoms with Crippen molar-refractivity contribution in [3.63, 3.8) is 0 Å². The molecule has 1 atom stereocenters. The maximum absolute atomic E-state index is 10.7. The van der Waals surface area contributed by atoms with Crippen LogP contribution in [0.4, 0.5) is 0 Å². The number of hydrogen-bond donors (Lipinski definition) is 0. The number of esters is 1. The highest BCUT2D eigenvalue weighted by Gasteiger charge is 2.07. The lowest BCUT2D eigenvalue weighted by Gasteiger charge is -2.05. The van der Waals surface area contributed by atoms with Gasteiger partial charge in [0.25, 0.3) is 0 Å². The van der Waals surface area contributed by atoms with Crippen molar-refractivity contribution in [1.82, 2.24) is 0 Å². The predicted octanol–water partition coefficient (Wildman–Crippen LogP) is 0.787. The van der Waals surface area contributed by atoms with Crippen LogP contribution in [0.3, 0.4) is 0 Å². The molecule has 60 valence electrons. The van der Waals surface area contributed by atoms with Crippen molar-refractivity contribution >= 4 is 12.0 Å². The Kier molecular flexibility index (Phi) is 3.85. The van der Waals surface area contributed by atoms with E-state index in [0.717, 1.165) is 0 Å². The van der Waals surface area contributed by atoms with E-state index in [4.69, 9.17) is 0 Å². The standard InChI is InChI=1S/C7H9NO3/c1-5(2)7(10)11-6(3)8-4-9/h6H,1H2,2-3H3. The van der Waals surface area contributed by atoms with Crippen LogP contribution in [0.5, 0.6) is 0 Å². The van der Waals surface area contributed by atoms with Crippen LogP contribution in [0, 0.1) is 0 Å². The van der Waals surface area contributed by atoms with Gasteiger partial charge in [0.05, 0.1) is 0 Å². The molecule has 0 spiro atoms.